The van der Waals surface area contributed by atoms with E-state index in [9.17, 15) is 22.0 Å². The van der Waals surface area contributed by atoms with Crippen molar-refractivity contribution in [3.05, 3.63) is 51.4 Å². The fraction of sp³-hybridized carbons (Fsp3) is 0.476. The van der Waals surface area contributed by atoms with Crippen molar-refractivity contribution in [1.29, 1.82) is 0 Å². The van der Waals surface area contributed by atoms with Crippen LogP contribution in [0.2, 0.25) is 0 Å². The van der Waals surface area contributed by atoms with E-state index in [1.807, 2.05) is 18.7 Å². The monoisotopic (exact) mass is 472 g/mol. The largest absolute Gasteiger partial charge is 0.465 e. The highest BCUT2D eigenvalue weighted by Gasteiger charge is 2.36. The minimum absolute atomic E-state index is 0.0117. The number of fused-ring (bicyclic) bond motifs is 1. The number of methoxy groups -OCH3 is 1. The first kappa shape index (κ1) is 23.8. The van der Waals surface area contributed by atoms with E-state index in [-0.39, 0.29) is 22.2 Å². The number of ether oxygens (including phenoxy) is 1. The highest BCUT2D eigenvalue weighted by atomic mass is 32.2. The first-order valence-corrected chi connectivity index (χ1v) is 12.2. The zero-order chi connectivity index (χ0) is 22.9. The summed E-state index contributed by atoms with van der Waals surface area (Å²) in [5.41, 5.74) is 1.13. The van der Waals surface area contributed by atoms with Crippen molar-refractivity contribution in [3.63, 3.8) is 0 Å². The van der Waals surface area contributed by atoms with Crippen molar-refractivity contribution in [2.45, 2.75) is 37.6 Å². The van der Waals surface area contributed by atoms with Gasteiger partial charge in [0.2, 0.25) is 0 Å². The molecular weight excluding hydrogens is 446 g/mol. The van der Waals surface area contributed by atoms with Gasteiger partial charge in [-0.25, -0.2) is 22.0 Å². The quantitative estimate of drug-likeness (QED) is 0.576. The number of esters is 1. The van der Waals surface area contributed by atoms with Crippen LogP contribution in [0.4, 0.5) is 8.78 Å². The maximum atomic E-state index is 14.1. The molecule has 31 heavy (non-hydrogen) atoms. The SMILES string of the molecule is COC(=O)c1c(S(=O)(=O)N(C)CC(C)C)sc2c1CCN(Cc1ccc(F)cc1F)C2. The average molecular weight is 473 g/mol. The Bertz CT molecular complexity index is 1080. The molecule has 170 valence electrons. The third-order valence-corrected chi connectivity index (χ3v) is 8.70. The second-order valence-electron chi connectivity index (χ2n) is 8.03. The van der Waals surface area contributed by atoms with Gasteiger partial charge in [0, 0.05) is 49.7 Å². The van der Waals surface area contributed by atoms with Crippen molar-refractivity contribution in [1.82, 2.24) is 9.21 Å². The molecule has 0 atom stereocenters. The summed E-state index contributed by atoms with van der Waals surface area (Å²) in [5, 5.41) is 0. The van der Waals surface area contributed by atoms with E-state index in [0.29, 0.717) is 37.2 Å². The maximum Gasteiger partial charge on any atom is 0.340 e. The van der Waals surface area contributed by atoms with Gasteiger partial charge in [0.15, 0.2) is 0 Å². The Kier molecular flexibility index (Phi) is 7.14. The Hall–Kier alpha value is -1.88. The van der Waals surface area contributed by atoms with Gasteiger partial charge in [-0.2, -0.15) is 4.31 Å². The topological polar surface area (TPSA) is 66.9 Å². The predicted molar refractivity (Wildman–Crippen MR) is 114 cm³/mol. The molecule has 0 aliphatic carbocycles. The standard InChI is InChI=1S/C21H26F2N2O4S2/c1-13(2)10-24(3)31(27,28)21-19(20(26)29-4)16-7-8-25(12-18(16)30-21)11-14-5-6-15(22)9-17(14)23/h5-6,9,13H,7-8,10-12H2,1-4H3. The van der Waals surface area contributed by atoms with Gasteiger partial charge in [-0.3, -0.25) is 4.90 Å². The van der Waals surface area contributed by atoms with Crippen LogP contribution in [0.15, 0.2) is 22.4 Å². The minimum atomic E-state index is -3.87. The number of carbonyl (C=O) groups is 1. The van der Waals surface area contributed by atoms with Gasteiger partial charge < -0.3 is 4.74 Å². The number of benzene rings is 1. The van der Waals surface area contributed by atoms with Crippen molar-refractivity contribution in [2.24, 2.45) is 5.92 Å². The number of nitrogens with zero attached hydrogens (tertiary/aromatic N) is 2. The molecule has 1 aromatic carbocycles. The van der Waals surface area contributed by atoms with Gasteiger partial charge in [-0.15, -0.1) is 11.3 Å². The molecule has 3 rings (SSSR count). The first-order chi connectivity index (χ1) is 14.5. The van der Waals surface area contributed by atoms with Crippen LogP contribution in [0.3, 0.4) is 0 Å². The summed E-state index contributed by atoms with van der Waals surface area (Å²) in [6.07, 6.45) is 0.433. The second kappa shape index (κ2) is 9.32. The average Bonchev–Trinajstić information content (AvgIpc) is 3.08. The van der Waals surface area contributed by atoms with Crippen molar-refractivity contribution in [2.75, 3.05) is 27.2 Å². The van der Waals surface area contributed by atoms with Crippen LogP contribution in [0.25, 0.3) is 0 Å². The Morgan fingerprint density at radius 2 is 2.03 bits per heavy atom. The Morgan fingerprint density at radius 1 is 1.32 bits per heavy atom. The zero-order valence-corrected chi connectivity index (χ0v) is 19.6. The Labute approximate surface area is 185 Å². The maximum absolute atomic E-state index is 14.1. The van der Waals surface area contributed by atoms with E-state index < -0.39 is 27.6 Å². The number of rotatable bonds is 7. The van der Waals surface area contributed by atoms with E-state index >= 15 is 0 Å². The number of hydrogen-bond donors (Lipinski definition) is 0. The fourth-order valence-electron chi connectivity index (χ4n) is 3.70. The molecule has 0 spiro atoms. The highest BCUT2D eigenvalue weighted by molar-refractivity contribution is 7.91. The van der Waals surface area contributed by atoms with Gasteiger partial charge in [0.25, 0.3) is 10.0 Å². The molecule has 2 heterocycles. The minimum Gasteiger partial charge on any atom is -0.465 e. The van der Waals surface area contributed by atoms with Gasteiger partial charge >= 0.3 is 5.97 Å². The summed E-state index contributed by atoms with van der Waals surface area (Å²) < 4.78 is 59.8. The second-order valence-corrected chi connectivity index (χ2v) is 11.4. The van der Waals surface area contributed by atoms with Crippen LogP contribution in [0, 0.1) is 17.6 Å². The number of thiophene rings is 1. The first-order valence-electron chi connectivity index (χ1n) is 9.90. The lowest BCUT2D eigenvalue weighted by Gasteiger charge is -2.27. The van der Waals surface area contributed by atoms with Gasteiger partial charge in [-0.1, -0.05) is 19.9 Å². The molecule has 1 aliphatic heterocycles. The Morgan fingerprint density at radius 3 is 2.65 bits per heavy atom. The lowest BCUT2D eigenvalue weighted by molar-refractivity contribution is 0.0595. The van der Waals surface area contributed by atoms with Gasteiger partial charge in [-0.05, 0) is 24.0 Å². The molecule has 0 fully saturated rings. The number of hydrogen-bond acceptors (Lipinski definition) is 6. The molecule has 0 radical (unpaired) electrons. The van der Waals surface area contributed by atoms with Crippen LogP contribution in [-0.2, 0) is 34.3 Å². The third kappa shape index (κ3) is 4.97. The van der Waals surface area contributed by atoms with E-state index in [4.69, 9.17) is 4.74 Å². The molecule has 1 aliphatic rings. The number of carbonyl (C=O) groups excluding carboxylic acids is 1. The molecule has 10 heteroatoms. The smallest absolute Gasteiger partial charge is 0.340 e. The van der Waals surface area contributed by atoms with Crippen LogP contribution in [0.5, 0.6) is 0 Å². The summed E-state index contributed by atoms with van der Waals surface area (Å²) in [4.78, 5) is 15.2. The molecule has 0 saturated carbocycles. The lowest BCUT2D eigenvalue weighted by atomic mass is 10.0. The van der Waals surface area contributed by atoms with Crippen molar-refractivity contribution < 1.29 is 26.7 Å². The summed E-state index contributed by atoms with van der Waals surface area (Å²) >= 11 is 1.06. The fourth-order valence-corrected chi connectivity index (χ4v) is 7.15. The summed E-state index contributed by atoms with van der Waals surface area (Å²) in [6.45, 7) is 5.28. The molecule has 0 unspecified atom stereocenters. The molecular formula is C21H26F2N2O4S2. The van der Waals surface area contributed by atoms with Crippen molar-refractivity contribution >= 4 is 27.3 Å². The predicted octanol–water partition coefficient (Wildman–Crippen LogP) is 3.65. The van der Waals surface area contributed by atoms with Crippen LogP contribution < -0.4 is 0 Å². The summed E-state index contributed by atoms with van der Waals surface area (Å²) in [6, 6.07) is 3.47. The summed E-state index contributed by atoms with van der Waals surface area (Å²) in [5.74, 6) is -1.81. The highest BCUT2D eigenvalue weighted by Crippen LogP contribution is 2.38. The molecule has 1 aromatic heterocycles. The number of sulfonamides is 1. The molecule has 0 bridgehead atoms. The van der Waals surface area contributed by atoms with E-state index in [1.165, 1.54) is 30.6 Å². The van der Waals surface area contributed by atoms with Gasteiger partial charge in [0.1, 0.15) is 15.8 Å². The van der Waals surface area contributed by atoms with Crippen molar-refractivity contribution in [3.8, 4) is 0 Å². The summed E-state index contributed by atoms with van der Waals surface area (Å²) in [7, 11) is -1.14. The lowest BCUT2D eigenvalue weighted by Crippen LogP contribution is -2.31. The van der Waals surface area contributed by atoms with Gasteiger partial charge in [0.05, 0.1) is 12.7 Å². The third-order valence-electron chi connectivity index (χ3n) is 5.17. The molecule has 2 aromatic rings. The number of halogens is 2. The zero-order valence-electron chi connectivity index (χ0n) is 17.9. The van der Waals surface area contributed by atoms with Crippen LogP contribution in [-0.4, -0.2) is 50.8 Å². The molecule has 0 saturated heterocycles. The molecule has 0 amide bonds. The van der Waals surface area contributed by atoms with E-state index in [0.717, 1.165) is 22.3 Å². The normalized spacial score (nSPS) is 14.8. The molecule has 6 nitrogen and oxygen atoms in total. The van der Waals surface area contributed by atoms with Crippen LogP contribution in [0.1, 0.15) is 40.2 Å². The Balaban J connectivity index is 1.94. The van der Waals surface area contributed by atoms with E-state index in [2.05, 4.69) is 0 Å². The van der Waals surface area contributed by atoms with Crippen LogP contribution >= 0.6 is 11.3 Å². The van der Waals surface area contributed by atoms with E-state index in [1.54, 1.807) is 0 Å². The molecule has 0 N–H and O–H groups in total.